The van der Waals surface area contributed by atoms with Gasteiger partial charge >= 0.3 is 0 Å². The van der Waals surface area contributed by atoms with Gasteiger partial charge in [0.15, 0.2) is 5.82 Å². The molecule has 19 heavy (non-hydrogen) atoms. The van der Waals surface area contributed by atoms with E-state index in [0.29, 0.717) is 23.3 Å². The van der Waals surface area contributed by atoms with Crippen molar-refractivity contribution in [3.63, 3.8) is 0 Å². The van der Waals surface area contributed by atoms with Crippen LogP contribution in [0.5, 0.6) is 0 Å². The van der Waals surface area contributed by atoms with Gasteiger partial charge in [-0.2, -0.15) is 4.98 Å². The van der Waals surface area contributed by atoms with Crippen LogP contribution in [0.2, 0.25) is 0 Å². The first-order valence-corrected chi connectivity index (χ1v) is 6.54. The predicted octanol–water partition coefficient (Wildman–Crippen LogP) is 0.967. The predicted molar refractivity (Wildman–Crippen MR) is 69.7 cm³/mol. The number of H-pyrrole nitrogens is 1. The van der Waals surface area contributed by atoms with Gasteiger partial charge in [-0.3, -0.25) is 4.79 Å². The fraction of sp³-hybridized carbons (Fsp3) is 0.462. The van der Waals surface area contributed by atoms with E-state index >= 15 is 0 Å². The molecular weight excluding hydrogens is 244 g/mol. The van der Waals surface area contributed by atoms with Crippen molar-refractivity contribution in [1.29, 1.82) is 0 Å². The topological polar surface area (TPSA) is 83.8 Å². The molecule has 2 aromatic rings. The summed E-state index contributed by atoms with van der Waals surface area (Å²) in [5.41, 5.74) is 0.391. The molecule has 0 spiro atoms. The molecule has 0 aromatic carbocycles. The van der Waals surface area contributed by atoms with E-state index in [1.165, 1.54) is 18.9 Å². The van der Waals surface area contributed by atoms with Crippen molar-refractivity contribution >= 4 is 0 Å². The standard InChI is InChI=1S/C13H16N4O2/c18-12-5-1-4-10(15-12)13-16-11(17-19-13)7-9-3-2-6-14-8-9/h1,4-5,9,14H,2-3,6-8H2,(H,15,18). The summed E-state index contributed by atoms with van der Waals surface area (Å²) in [6.07, 6.45) is 3.20. The number of hydrogen-bond acceptors (Lipinski definition) is 5. The highest BCUT2D eigenvalue weighted by molar-refractivity contribution is 5.45. The van der Waals surface area contributed by atoms with Gasteiger partial charge < -0.3 is 14.8 Å². The Kier molecular flexibility index (Phi) is 3.41. The van der Waals surface area contributed by atoms with Crippen molar-refractivity contribution in [2.45, 2.75) is 19.3 Å². The van der Waals surface area contributed by atoms with Gasteiger partial charge in [0.1, 0.15) is 5.69 Å². The van der Waals surface area contributed by atoms with Crippen LogP contribution < -0.4 is 10.9 Å². The number of aromatic nitrogens is 3. The minimum Gasteiger partial charge on any atom is -0.332 e. The van der Waals surface area contributed by atoms with E-state index in [1.807, 2.05) is 0 Å². The Labute approximate surface area is 110 Å². The molecule has 0 bridgehead atoms. The molecule has 1 atom stereocenters. The summed E-state index contributed by atoms with van der Waals surface area (Å²) in [6, 6.07) is 4.87. The van der Waals surface area contributed by atoms with Crippen LogP contribution in [0.25, 0.3) is 11.6 Å². The van der Waals surface area contributed by atoms with E-state index in [2.05, 4.69) is 20.4 Å². The first kappa shape index (κ1) is 12.1. The van der Waals surface area contributed by atoms with Crippen LogP contribution in [0.4, 0.5) is 0 Å². The summed E-state index contributed by atoms with van der Waals surface area (Å²) in [5, 5.41) is 7.35. The second-order valence-corrected chi connectivity index (χ2v) is 4.86. The summed E-state index contributed by atoms with van der Waals surface area (Å²) in [7, 11) is 0. The van der Waals surface area contributed by atoms with Gasteiger partial charge in [0, 0.05) is 12.5 Å². The van der Waals surface area contributed by atoms with Crippen LogP contribution in [0, 0.1) is 5.92 Å². The van der Waals surface area contributed by atoms with Crippen LogP contribution in [-0.4, -0.2) is 28.2 Å². The molecule has 0 radical (unpaired) electrons. The number of nitrogens with one attached hydrogen (secondary N) is 2. The second-order valence-electron chi connectivity index (χ2n) is 4.86. The normalized spacial score (nSPS) is 19.5. The third kappa shape index (κ3) is 2.90. The average molecular weight is 260 g/mol. The Hall–Kier alpha value is -1.95. The van der Waals surface area contributed by atoms with Gasteiger partial charge in [0.25, 0.3) is 5.89 Å². The smallest absolute Gasteiger partial charge is 0.274 e. The summed E-state index contributed by atoms with van der Waals surface area (Å²) < 4.78 is 5.20. The van der Waals surface area contributed by atoms with E-state index in [0.717, 1.165) is 19.5 Å². The SMILES string of the molecule is O=c1cccc(-c2nc(CC3CCCNC3)no2)[nH]1. The molecule has 1 saturated heterocycles. The zero-order valence-electron chi connectivity index (χ0n) is 10.6. The van der Waals surface area contributed by atoms with Gasteiger partial charge in [0.2, 0.25) is 5.56 Å². The van der Waals surface area contributed by atoms with Gasteiger partial charge in [-0.25, -0.2) is 0 Å². The van der Waals surface area contributed by atoms with Crippen LogP contribution >= 0.6 is 0 Å². The largest absolute Gasteiger partial charge is 0.332 e. The van der Waals surface area contributed by atoms with Gasteiger partial charge in [-0.15, -0.1) is 0 Å². The zero-order chi connectivity index (χ0) is 13.1. The van der Waals surface area contributed by atoms with Crippen molar-refractivity contribution in [3.05, 3.63) is 34.4 Å². The number of hydrogen-bond donors (Lipinski definition) is 2. The molecule has 3 heterocycles. The summed E-state index contributed by atoms with van der Waals surface area (Å²) in [4.78, 5) is 18.2. The van der Waals surface area contributed by atoms with Crippen molar-refractivity contribution in [2.75, 3.05) is 13.1 Å². The molecule has 6 nitrogen and oxygen atoms in total. The maximum Gasteiger partial charge on any atom is 0.274 e. The molecule has 2 aromatic heterocycles. The lowest BCUT2D eigenvalue weighted by Crippen LogP contribution is -2.31. The molecule has 1 aliphatic rings. The first-order valence-electron chi connectivity index (χ1n) is 6.54. The van der Waals surface area contributed by atoms with Crippen molar-refractivity contribution in [3.8, 4) is 11.6 Å². The number of nitrogens with zero attached hydrogens (tertiary/aromatic N) is 2. The number of piperidine rings is 1. The molecule has 1 aliphatic heterocycles. The van der Waals surface area contributed by atoms with Gasteiger partial charge in [-0.1, -0.05) is 11.2 Å². The lowest BCUT2D eigenvalue weighted by atomic mass is 9.96. The minimum absolute atomic E-state index is 0.172. The Bertz CT molecular complexity index is 598. The molecule has 0 aliphatic carbocycles. The highest BCUT2D eigenvalue weighted by atomic mass is 16.5. The lowest BCUT2D eigenvalue weighted by Gasteiger charge is -2.20. The Balaban J connectivity index is 1.74. The Morgan fingerprint density at radius 2 is 2.37 bits per heavy atom. The van der Waals surface area contributed by atoms with E-state index in [1.54, 1.807) is 12.1 Å². The highest BCUT2D eigenvalue weighted by Gasteiger charge is 2.17. The van der Waals surface area contributed by atoms with E-state index in [4.69, 9.17) is 4.52 Å². The average Bonchev–Trinajstić information content (AvgIpc) is 2.88. The fourth-order valence-corrected chi connectivity index (χ4v) is 2.38. The van der Waals surface area contributed by atoms with Crippen LogP contribution in [0.1, 0.15) is 18.7 Å². The lowest BCUT2D eigenvalue weighted by molar-refractivity contribution is 0.359. The number of aromatic amines is 1. The zero-order valence-corrected chi connectivity index (χ0v) is 10.6. The quantitative estimate of drug-likeness (QED) is 0.859. The third-order valence-electron chi connectivity index (χ3n) is 3.34. The molecule has 1 unspecified atom stereocenters. The van der Waals surface area contributed by atoms with E-state index < -0.39 is 0 Å². The second kappa shape index (κ2) is 5.36. The summed E-state index contributed by atoms with van der Waals surface area (Å²) in [5.74, 6) is 1.64. The fourth-order valence-electron chi connectivity index (χ4n) is 2.38. The van der Waals surface area contributed by atoms with Crippen molar-refractivity contribution in [1.82, 2.24) is 20.4 Å². The minimum atomic E-state index is -0.172. The molecule has 3 rings (SSSR count). The molecule has 1 fully saturated rings. The monoisotopic (exact) mass is 260 g/mol. The maximum absolute atomic E-state index is 11.2. The first-order chi connectivity index (χ1) is 9.31. The molecule has 0 amide bonds. The molecule has 100 valence electrons. The molecular formula is C13H16N4O2. The molecule has 6 heteroatoms. The van der Waals surface area contributed by atoms with E-state index in [-0.39, 0.29) is 5.56 Å². The molecule has 2 N–H and O–H groups in total. The van der Waals surface area contributed by atoms with Gasteiger partial charge in [0.05, 0.1) is 0 Å². The Morgan fingerprint density at radius 3 is 3.16 bits per heavy atom. The van der Waals surface area contributed by atoms with Crippen molar-refractivity contribution < 1.29 is 4.52 Å². The van der Waals surface area contributed by atoms with Crippen LogP contribution in [0.15, 0.2) is 27.5 Å². The van der Waals surface area contributed by atoms with Crippen LogP contribution in [0.3, 0.4) is 0 Å². The van der Waals surface area contributed by atoms with Gasteiger partial charge in [-0.05, 0) is 37.9 Å². The Morgan fingerprint density at radius 1 is 1.42 bits per heavy atom. The molecule has 0 saturated carbocycles. The number of rotatable bonds is 3. The van der Waals surface area contributed by atoms with Crippen molar-refractivity contribution in [2.24, 2.45) is 5.92 Å². The summed E-state index contributed by atoms with van der Waals surface area (Å²) in [6.45, 7) is 2.10. The van der Waals surface area contributed by atoms with Crippen LogP contribution in [-0.2, 0) is 6.42 Å². The summed E-state index contributed by atoms with van der Waals surface area (Å²) >= 11 is 0. The highest BCUT2D eigenvalue weighted by Crippen LogP contribution is 2.17. The maximum atomic E-state index is 11.2. The number of pyridine rings is 1. The third-order valence-corrected chi connectivity index (χ3v) is 3.34. The van der Waals surface area contributed by atoms with E-state index in [9.17, 15) is 4.79 Å².